The Balaban J connectivity index is 1.56. The summed E-state index contributed by atoms with van der Waals surface area (Å²) < 4.78 is 13.2. The third-order valence-corrected chi connectivity index (χ3v) is 5.80. The second-order valence-corrected chi connectivity index (χ2v) is 7.73. The summed E-state index contributed by atoms with van der Waals surface area (Å²) in [5, 5.41) is 0. The molecule has 0 aromatic heterocycles. The van der Waals surface area contributed by atoms with Crippen molar-refractivity contribution < 1.29 is 14.0 Å². The molecule has 0 unspecified atom stereocenters. The number of hydrogen-bond donors (Lipinski definition) is 0. The largest absolute Gasteiger partial charge is 0.325 e. The summed E-state index contributed by atoms with van der Waals surface area (Å²) in [4.78, 5) is 30.9. The molecule has 0 saturated carbocycles. The van der Waals surface area contributed by atoms with Crippen molar-refractivity contribution in [3.8, 4) is 0 Å². The molecule has 2 saturated heterocycles. The van der Waals surface area contributed by atoms with Gasteiger partial charge >= 0.3 is 0 Å². The van der Waals surface area contributed by atoms with Gasteiger partial charge in [0.25, 0.3) is 0 Å². The number of likely N-dealkylation sites (tertiary alicyclic amines) is 1. The molecule has 0 bridgehead atoms. The van der Waals surface area contributed by atoms with E-state index in [-0.39, 0.29) is 24.2 Å². The zero-order valence-electron chi connectivity index (χ0n) is 16.0. The van der Waals surface area contributed by atoms with E-state index in [0.717, 1.165) is 24.2 Å². The second-order valence-electron chi connectivity index (χ2n) is 7.73. The van der Waals surface area contributed by atoms with Crippen LogP contribution in [0.5, 0.6) is 0 Å². The van der Waals surface area contributed by atoms with E-state index in [4.69, 9.17) is 0 Å². The first-order valence-corrected chi connectivity index (χ1v) is 9.57. The lowest BCUT2D eigenvalue weighted by atomic mass is 9.91. The molecule has 4 rings (SSSR count). The summed E-state index contributed by atoms with van der Waals surface area (Å²) in [5.41, 5.74) is 1.52. The number of rotatable bonds is 3. The summed E-state index contributed by atoms with van der Waals surface area (Å²) in [5.74, 6) is -0.359. The Morgan fingerprint density at radius 1 is 1.07 bits per heavy atom. The third-order valence-electron chi connectivity index (χ3n) is 5.80. The fourth-order valence-corrected chi connectivity index (χ4v) is 4.42. The van der Waals surface area contributed by atoms with Crippen LogP contribution in [0, 0.1) is 5.82 Å². The zero-order valence-corrected chi connectivity index (χ0v) is 16.0. The van der Waals surface area contributed by atoms with Gasteiger partial charge in [0.2, 0.25) is 11.8 Å². The van der Waals surface area contributed by atoms with Crippen LogP contribution in [0.1, 0.15) is 18.9 Å². The van der Waals surface area contributed by atoms with Crippen molar-refractivity contribution in [2.75, 3.05) is 31.1 Å². The van der Waals surface area contributed by atoms with Crippen molar-refractivity contribution >= 4 is 17.5 Å². The molecule has 28 heavy (non-hydrogen) atoms. The van der Waals surface area contributed by atoms with Gasteiger partial charge in [0.15, 0.2) is 0 Å². The number of anilines is 1. The normalized spacial score (nSPS) is 22.9. The summed E-state index contributed by atoms with van der Waals surface area (Å²) in [6, 6.07) is 16.2. The Kier molecular flexibility index (Phi) is 4.89. The van der Waals surface area contributed by atoms with Crippen LogP contribution in [0.2, 0.25) is 0 Å². The lowest BCUT2D eigenvalue weighted by Crippen LogP contribution is -2.66. The van der Waals surface area contributed by atoms with Crippen LogP contribution in [0.4, 0.5) is 10.1 Å². The minimum absolute atomic E-state index is 0.0518. The number of hydrogen-bond acceptors (Lipinski definition) is 3. The van der Waals surface area contributed by atoms with Crippen molar-refractivity contribution in [3.63, 3.8) is 0 Å². The van der Waals surface area contributed by atoms with E-state index >= 15 is 0 Å². The fraction of sp³-hybridized carbons (Fsp3) is 0.364. The Morgan fingerprint density at radius 3 is 2.46 bits per heavy atom. The maximum absolute atomic E-state index is 13.2. The summed E-state index contributed by atoms with van der Waals surface area (Å²) in [6.07, 6.45) is 0.810. The van der Waals surface area contributed by atoms with Crippen molar-refractivity contribution in [2.45, 2.75) is 25.4 Å². The van der Waals surface area contributed by atoms with Crippen molar-refractivity contribution in [2.24, 2.45) is 0 Å². The lowest BCUT2D eigenvalue weighted by Gasteiger charge is -2.48. The molecule has 6 heteroatoms. The number of carbonyl (C=O) groups excluding carboxylic acids is 2. The highest BCUT2D eigenvalue weighted by Crippen LogP contribution is 2.35. The molecule has 2 aromatic carbocycles. The second kappa shape index (κ2) is 7.36. The number of amides is 2. The highest BCUT2D eigenvalue weighted by atomic mass is 19.1. The Bertz CT molecular complexity index is 871. The zero-order chi connectivity index (χ0) is 19.7. The van der Waals surface area contributed by atoms with Crippen LogP contribution < -0.4 is 4.90 Å². The van der Waals surface area contributed by atoms with Crippen LogP contribution in [0.3, 0.4) is 0 Å². The summed E-state index contributed by atoms with van der Waals surface area (Å²) in [6.45, 7) is 4.37. The molecule has 2 aliphatic rings. The number of carbonyl (C=O) groups is 2. The Labute approximate surface area is 164 Å². The SMILES string of the molecule is CC(=O)N1CC(=O)N(c2ccccc2)C[C@@]12CCN(Cc1ccc(F)cc1)C2. The minimum atomic E-state index is -0.393. The first kappa shape index (κ1) is 18.6. The Morgan fingerprint density at radius 2 is 1.79 bits per heavy atom. The first-order valence-electron chi connectivity index (χ1n) is 9.57. The van der Waals surface area contributed by atoms with E-state index in [2.05, 4.69) is 4.90 Å². The van der Waals surface area contributed by atoms with Crippen LogP contribution in [0.25, 0.3) is 0 Å². The Hall–Kier alpha value is -2.73. The molecule has 0 radical (unpaired) electrons. The van der Waals surface area contributed by atoms with Gasteiger partial charge in [0.05, 0.1) is 12.1 Å². The highest BCUT2D eigenvalue weighted by Gasteiger charge is 2.50. The van der Waals surface area contributed by atoms with Crippen molar-refractivity contribution in [3.05, 3.63) is 66.0 Å². The quantitative estimate of drug-likeness (QED) is 0.821. The summed E-state index contributed by atoms with van der Waals surface area (Å²) in [7, 11) is 0. The average Bonchev–Trinajstić information content (AvgIpc) is 3.09. The molecule has 0 aliphatic carbocycles. The molecule has 1 spiro atoms. The predicted molar refractivity (Wildman–Crippen MR) is 105 cm³/mol. The van der Waals surface area contributed by atoms with E-state index in [1.165, 1.54) is 19.1 Å². The number of piperazine rings is 1. The van der Waals surface area contributed by atoms with Gasteiger partial charge in [0.1, 0.15) is 12.4 Å². The monoisotopic (exact) mass is 381 g/mol. The van der Waals surface area contributed by atoms with E-state index in [9.17, 15) is 14.0 Å². The van der Waals surface area contributed by atoms with Gasteiger partial charge in [-0.2, -0.15) is 0 Å². The van der Waals surface area contributed by atoms with Gasteiger partial charge in [0, 0.05) is 32.2 Å². The van der Waals surface area contributed by atoms with Crippen LogP contribution >= 0.6 is 0 Å². The van der Waals surface area contributed by atoms with E-state index < -0.39 is 5.54 Å². The lowest BCUT2D eigenvalue weighted by molar-refractivity contribution is -0.142. The smallest absolute Gasteiger partial charge is 0.246 e. The van der Waals surface area contributed by atoms with Gasteiger partial charge < -0.3 is 9.80 Å². The predicted octanol–water partition coefficient (Wildman–Crippen LogP) is 2.67. The van der Waals surface area contributed by atoms with Crippen LogP contribution in [0.15, 0.2) is 54.6 Å². The van der Waals surface area contributed by atoms with Gasteiger partial charge in [-0.3, -0.25) is 14.5 Å². The van der Waals surface area contributed by atoms with Crippen LogP contribution in [-0.4, -0.2) is 53.3 Å². The molecule has 2 aromatic rings. The van der Waals surface area contributed by atoms with E-state index in [1.807, 2.05) is 30.3 Å². The molecular formula is C22H24FN3O2. The molecular weight excluding hydrogens is 357 g/mol. The molecule has 2 aliphatic heterocycles. The minimum Gasteiger partial charge on any atom is -0.325 e. The van der Waals surface area contributed by atoms with Crippen LogP contribution in [-0.2, 0) is 16.1 Å². The number of para-hydroxylation sites is 1. The topological polar surface area (TPSA) is 43.9 Å². The van der Waals surface area contributed by atoms with Gasteiger partial charge in [-0.1, -0.05) is 30.3 Å². The van der Waals surface area contributed by atoms with Crippen molar-refractivity contribution in [1.29, 1.82) is 0 Å². The number of nitrogens with zero attached hydrogens (tertiary/aromatic N) is 3. The van der Waals surface area contributed by atoms with Gasteiger partial charge in [-0.25, -0.2) is 4.39 Å². The molecule has 2 fully saturated rings. The molecule has 146 valence electrons. The van der Waals surface area contributed by atoms with E-state index in [0.29, 0.717) is 19.6 Å². The molecule has 1 atom stereocenters. The number of halogens is 1. The molecule has 2 heterocycles. The standard InChI is InChI=1S/C22H24FN3O2/c1-17(27)26-14-21(28)25(20-5-3-2-4-6-20)16-22(26)11-12-24(15-22)13-18-7-9-19(23)10-8-18/h2-10H,11-16H2,1H3/t22-/m0/s1. The molecule has 0 N–H and O–H groups in total. The van der Waals surface area contributed by atoms with Gasteiger partial charge in [-0.05, 0) is 36.2 Å². The highest BCUT2D eigenvalue weighted by molar-refractivity contribution is 5.98. The third kappa shape index (κ3) is 3.52. The van der Waals surface area contributed by atoms with E-state index in [1.54, 1.807) is 21.9 Å². The number of benzene rings is 2. The first-order chi connectivity index (χ1) is 13.5. The maximum Gasteiger partial charge on any atom is 0.246 e. The maximum atomic E-state index is 13.2. The molecule has 5 nitrogen and oxygen atoms in total. The van der Waals surface area contributed by atoms with Gasteiger partial charge in [-0.15, -0.1) is 0 Å². The average molecular weight is 381 g/mol. The fourth-order valence-electron chi connectivity index (χ4n) is 4.42. The molecule has 2 amide bonds. The summed E-state index contributed by atoms with van der Waals surface area (Å²) >= 11 is 0. The van der Waals surface area contributed by atoms with Crippen molar-refractivity contribution in [1.82, 2.24) is 9.80 Å².